The van der Waals surface area contributed by atoms with E-state index in [-0.39, 0.29) is 12.2 Å². The van der Waals surface area contributed by atoms with Crippen molar-refractivity contribution in [1.82, 2.24) is 0 Å². The van der Waals surface area contributed by atoms with Gasteiger partial charge in [-0.15, -0.1) is 22.7 Å². The van der Waals surface area contributed by atoms with Gasteiger partial charge in [-0.2, -0.15) is 0 Å². The molecule has 2 aliphatic rings. The van der Waals surface area contributed by atoms with Gasteiger partial charge in [0, 0.05) is 32.4 Å². The second-order valence-electron chi connectivity index (χ2n) is 7.67. The van der Waals surface area contributed by atoms with Crippen LogP contribution in [0.15, 0.2) is 95.2 Å². The normalized spacial score (nSPS) is 18.9. The van der Waals surface area contributed by atoms with Crippen LogP contribution in [0.25, 0.3) is 20.9 Å². The minimum Gasteiger partial charge on any atom is -0.386 e. The van der Waals surface area contributed by atoms with E-state index in [9.17, 15) is 0 Å². The van der Waals surface area contributed by atoms with Gasteiger partial charge in [0.2, 0.25) is 0 Å². The van der Waals surface area contributed by atoms with Gasteiger partial charge >= 0.3 is 0 Å². The first-order valence-corrected chi connectivity index (χ1v) is 13.9. The SMILES string of the molecule is BrC1=NO[C@@H](c2ccc(-c3ccccc3)s2)C1.BrC1=NO[C@H](c2ccc(-c3ccccc3)s2)C1. The Labute approximate surface area is 223 Å². The largest absolute Gasteiger partial charge is 0.386 e. The number of thiophene rings is 2. The van der Waals surface area contributed by atoms with Crippen LogP contribution in [0, 0.1) is 0 Å². The molecule has 8 heteroatoms. The van der Waals surface area contributed by atoms with Crippen molar-refractivity contribution in [2.75, 3.05) is 0 Å². The third-order valence-electron chi connectivity index (χ3n) is 5.27. The van der Waals surface area contributed by atoms with Gasteiger partial charge in [0.1, 0.15) is 9.24 Å². The molecule has 0 fully saturated rings. The number of halogens is 2. The fourth-order valence-corrected chi connectivity index (χ4v) is 6.40. The van der Waals surface area contributed by atoms with Gasteiger partial charge in [-0.1, -0.05) is 71.0 Å². The molecule has 34 heavy (non-hydrogen) atoms. The molecule has 0 saturated heterocycles. The molecule has 0 N–H and O–H groups in total. The van der Waals surface area contributed by atoms with Crippen LogP contribution in [0.4, 0.5) is 0 Å². The molecule has 0 amide bonds. The molecule has 4 nitrogen and oxygen atoms in total. The van der Waals surface area contributed by atoms with Crippen LogP contribution in [-0.2, 0) is 9.68 Å². The highest BCUT2D eigenvalue weighted by molar-refractivity contribution is 9.18. The average Bonchev–Trinajstić information content (AvgIpc) is 3.67. The van der Waals surface area contributed by atoms with Crippen LogP contribution in [0.3, 0.4) is 0 Å². The number of hydrogen-bond donors (Lipinski definition) is 0. The van der Waals surface area contributed by atoms with Gasteiger partial charge in [0.05, 0.1) is 0 Å². The molecule has 0 saturated carbocycles. The molecule has 2 aromatic heterocycles. The smallest absolute Gasteiger partial charge is 0.167 e. The van der Waals surface area contributed by atoms with E-state index >= 15 is 0 Å². The monoisotopic (exact) mass is 614 g/mol. The minimum absolute atomic E-state index is 0.0758. The number of oxime groups is 2. The standard InChI is InChI=1S/2C13H10BrNOS/c2*14-13-8-10(16-15-13)12-7-6-11(17-12)9-4-2-1-3-5-9/h2*1-7,10H,8H2/t2*10-/m10/s1. The maximum Gasteiger partial charge on any atom is 0.167 e. The zero-order chi connectivity index (χ0) is 23.3. The molecule has 0 unspecified atom stereocenters. The Kier molecular flexibility index (Phi) is 7.59. The van der Waals surface area contributed by atoms with Crippen molar-refractivity contribution < 1.29 is 9.68 Å². The fourth-order valence-electron chi connectivity index (χ4n) is 3.57. The maximum absolute atomic E-state index is 5.35. The molecule has 0 radical (unpaired) electrons. The Hall–Kier alpha value is -2.26. The van der Waals surface area contributed by atoms with Crippen molar-refractivity contribution in [1.29, 1.82) is 0 Å². The van der Waals surface area contributed by atoms with E-state index in [0.29, 0.717) is 0 Å². The summed E-state index contributed by atoms with van der Waals surface area (Å²) >= 11 is 10.2. The van der Waals surface area contributed by atoms with Crippen LogP contribution in [0.5, 0.6) is 0 Å². The summed E-state index contributed by atoms with van der Waals surface area (Å²) in [5.41, 5.74) is 2.50. The first-order chi connectivity index (χ1) is 16.7. The lowest BCUT2D eigenvalue weighted by molar-refractivity contribution is 0.0883. The van der Waals surface area contributed by atoms with E-state index in [2.05, 4.69) is 115 Å². The predicted molar refractivity (Wildman–Crippen MR) is 149 cm³/mol. The predicted octanol–water partition coefficient (Wildman–Crippen LogP) is 9.17. The van der Waals surface area contributed by atoms with Gasteiger partial charge < -0.3 is 9.68 Å². The van der Waals surface area contributed by atoms with Gasteiger partial charge in [-0.25, -0.2) is 0 Å². The summed E-state index contributed by atoms with van der Waals surface area (Å²) in [5.74, 6) is 0. The van der Waals surface area contributed by atoms with E-state index in [1.807, 2.05) is 12.1 Å². The lowest BCUT2D eigenvalue weighted by atomic mass is 10.2. The molecule has 0 spiro atoms. The first-order valence-electron chi connectivity index (χ1n) is 10.7. The summed E-state index contributed by atoms with van der Waals surface area (Å²) in [6.07, 6.45) is 1.81. The van der Waals surface area contributed by atoms with Crippen LogP contribution in [0.2, 0.25) is 0 Å². The molecule has 4 heterocycles. The molecule has 6 rings (SSSR count). The Morgan fingerprint density at radius 1 is 0.588 bits per heavy atom. The number of rotatable bonds is 4. The molecular weight excluding hydrogens is 596 g/mol. The molecule has 172 valence electrons. The molecular formula is C26H20Br2N2O2S2. The molecule has 2 atom stereocenters. The highest BCUT2D eigenvalue weighted by Crippen LogP contribution is 2.38. The fraction of sp³-hybridized carbons (Fsp3) is 0.154. The van der Waals surface area contributed by atoms with Crippen LogP contribution >= 0.6 is 54.5 Å². The van der Waals surface area contributed by atoms with E-state index in [0.717, 1.165) is 22.1 Å². The number of hydrogen-bond acceptors (Lipinski definition) is 6. The number of nitrogens with zero attached hydrogens (tertiary/aromatic N) is 2. The third-order valence-corrected chi connectivity index (χ3v) is 8.66. The summed E-state index contributed by atoms with van der Waals surface area (Å²) in [6, 6.07) is 29.3. The summed E-state index contributed by atoms with van der Waals surface area (Å²) in [4.78, 5) is 15.7. The first kappa shape index (κ1) is 23.5. The Bertz CT molecular complexity index is 1200. The molecule has 2 aromatic carbocycles. The Morgan fingerprint density at radius 2 is 1.00 bits per heavy atom. The topological polar surface area (TPSA) is 43.2 Å². The van der Waals surface area contributed by atoms with Gasteiger partial charge in [-0.05, 0) is 67.3 Å². The maximum atomic E-state index is 5.35. The number of benzene rings is 2. The highest BCUT2D eigenvalue weighted by Gasteiger charge is 2.24. The second kappa shape index (κ2) is 11.0. The van der Waals surface area contributed by atoms with Crippen LogP contribution in [0.1, 0.15) is 34.8 Å². The van der Waals surface area contributed by atoms with Crippen molar-refractivity contribution >= 4 is 63.8 Å². The molecule has 2 aliphatic heterocycles. The third kappa shape index (κ3) is 5.68. The van der Waals surface area contributed by atoms with Gasteiger partial charge in [-0.3, -0.25) is 0 Å². The average molecular weight is 616 g/mol. The van der Waals surface area contributed by atoms with E-state index < -0.39 is 0 Å². The summed E-state index contributed by atoms with van der Waals surface area (Å²) < 4.78 is 1.77. The summed E-state index contributed by atoms with van der Waals surface area (Å²) in [6.45, 7) is 0. The minimum atomic E-state index is 0.0758. The van der Waals surface area contributed by atoms with Gasteiger partial charge in [0.25, 0.3) is 0 Å². The Morgan fingerprint density at radius 3 is 1.35 bits per heavy atom. The van der Waals surface area contributed by atoms with E-state index in [1.54, 1.807) is 22.7 Å². The lowest BCUT2D eigenvalue weighted by Gasteiger charge is -2.03. The highest BCUT2D eigenvalue weighted by atomic mass is 79.9. The molecule has 0 bridgehead atoms. The molecule has 4 aromatic rings. The van der Waals surface area contributed by atoms with E-state index in [4.69, 9.17) is 9.68 Å². The summed E-state index contributed by atoms with van der Waals surface area (Å²) in [5, 5.41) is 7.83. The quantitative estimate of drug-likeness (QED) is 0.230. The lowest BCUT2D eigenvalue weighted by Crippen LogP contribution is -1.92. The second-order valence-corrected chi connectivity index (χ2v) is 11.7. The van der Waals surface area contributed by atoms with Crippen LogP contribution in [-0.4, -0.2) is 9.24 Å². The zero-order valence-electron chi connectivity index (χ0n) is 17.9. The van der Waals surface area contributed by atoms with Crippen molar-refractivity contribution in [3.63, 3.8) is 0 Å². The van der Waals surface area contributed by atoms with Crippen molar-refractivity contribution in [3.8, 4) is 20.9 Å². The van der Waals surface area contributed by atoms with Crippen LogP contribution < -0.4 is 0 Å². The van der Waals surface area contributed by atoms with Gasteiger partial charge in [0.15, 0.2) is 12.2 Å². The van der Waals surface area contributed by atoms with Crippen molar-refractivity contribution in [3.05, 3.63) is 94.7 Å². The van der Waals surface area contributed by atoms with E-state index in [1.165, 1.54) is 30.6 Å². The van der Waals surface area contributed by atoms with Crippen molar-refractivity contribution in [2.24, 2.45) is 10.3 Å². The Balaban J connectivity index is 0.000000142. The summed E-state index contributed by atoms with van der Waals surface area (Å²) in [7, 11) is 0. The van der Waals surface area contributed by atoms with Crippen molar-refractivity contribution in [2.45, 2.75) is 25.0 Å². The molecule has 0 aliphatic carbocycles. The zero-order valence-corrected chi connectivity index (χ0v) is 22.7.